The first-order valence-electron chi connectivity index (χ1n) is 9.14. The molecule has 5 nitrogen and oxygen atoms in total. The van der Waals surface area contributed by atoms with Crippen LogP contribution in [0.15, 0.2) is 69.9 Å². The largest absolute Gasteiger partial charge is 0.484 e. The van der Waals surface area contributed by atoms with E-state index in [9.17, 15) is 9.59 Å². The van der Waals surface area contributed by atoms with Gasteiger partial charge in [-0.1, -0.05) is 36.8 Å². The Hall–Kier alpha value is -3.08. The van der Waals surface area contributed by atoms with Crippen molar-refractivity contribution in [1.29, 1.82) is 0 Å². The molecular weight excluding hydrogens is 342 g/mol. The summed E-state index contributed by atoms with van der Waals surface area (Å²) < 4.78 is 10.7. The van der Waals surface area contributed by atoms with Gasteiger partial charge in [0.2, 0.25) is 0 Å². The molecule has 27 heavy (non-hydrogen) atoms. The molecule has 0 aliphatic heterocycles. The lowest BCUT2D eigenvalue weighted by Crippen LogP contribution is -2.46. The summed E-state index contributed by atoms with van der Waals surface area (Å²) in [6, 6.07) is 18.6. The fourth-order valence-corrected chi connectivity index (χ4v) is 3.56. The fraction of sp³-hybridized carbons (Fsp3) is 0.273. The maximum Gasteiger partial charge on any atom is 0.336 e. The molecule has 0 bridgehead atoms. The van der Waals surface area contributed by atoms with Crippen molar-refractivity contribution in [2.75, 3.05) is 13.2 Å². The zero-order chi connectivity index (χ0) is 18.7. The van der Waals surface area contributed by atoms with Crippen LogP contribution in [0.25, 0.3) is 11.0 Å². The second-order valence-corrected chi connectivity index (χ2v) is 7.02. The number of fused-ring (bicyclic) bond motifs is 1. The number of nitrogens with one attached hydrogen (secondary N) is 1. The van der Waals surface area contributed by atoms with Crippen molar-refractivity contribution < 1.29 is 13.9 Å². The molecule has 5 heteroatoms. The molecule has 0 unspecified atom stereocenters. The summed E-state index contributed by atoms with van der Waals surface area (Å²) in [7, 11) is 0. The summed E-state index contributed by atoms with van der Waals surface area (Å²) in [6.07, 6.45) is 3.35. The van der Waals surface area contributed by atoms with Gasteiger partial charge in [0.25, 0.3) is 5.91 Å². The molecule has 1 N–H and O–H groups in total. The third kappa shape index (κ3) is 3.72. The Bertz CT molecular complexity index is 1010. The van der Waals surface area contributed by atoms with Crippen molar-refractivity contribution in [1.82, 2.24) is 5.32 Å². The van der Waals surface area contributed by atoms with Crippen LogP contribution in [-0.4, -0.2) is 19.1 Å². The van der Waals surface area contributed by atoms with E-state index < -0.39 is 5.63 Å². The van der Waals surface area contributed by atoms with E-state index in [1.807, 2.05) is 18.2 Å². The fourth-order valence-electron chi connectivity index (χ4n) is 3.56. The van der Waals surface area contributed by atoms with E-state index in [4.69, 9.17) is 9.15 Å². The normalized spacial score (nSPS) is 15.1. The van der Waals surface area contributed by atoms with Crippen molar-refractivity contribution >= 4 is 16.9 Å². The van der Waals surface area contributed by atoms with Crippen molar-refractivity contribution in [2.45, 2.75) is 24.7 Å². The van der Waals surface area contributed by atoms with Gasteiger partial charge in [0, 0.05) is 29.5 Å². The molecule has 1 aromatic heterocycles. The molecule has 1 aliphatic carbocycles. The highest BCUT2D eigenvalue weighted by molar-refractivity contribution is 5.79. The van der Waals surface area contributed by atoms with Crippen LogP contribution in [0.2, 0.25) is 0 Å². The predicted octanol–water partition coefficient (Wildman–Crippen LogP) is 3.41. The van der Waals surface area contributed by atoms with Crippen LogP contribution in [0.5, 0.6) is 5.75 Å². The molecule has 1 heterocycles. The van der Waals surface area contributed by atoms with Gasteiger partial charge >= 0.3 is 5.63 Å². The van der Waals surface area contributed by atoms with Crippen LogP contribution < -0.4 is 15.7 Å². The van der Waals surface area contributed by atoms with E-state index in [1.165, 1.54) is 18.1 Å². The van der Waals surface area contributed by atoms with E-state index in [-0.39, 0.29) is 17.9 Å². The topological polar surface area (TPSA) is 68.5 Å². The first-order chi connectivity index (χ1) is 13.1. The number of hydrogen-bond acceptors (Lipinski definition) is 4. The smallest absolute Gasteiger partial charge is 0.336 e. The molecule has 0 radical (unpaired) electrons. The quantitative estimate of drug-likeness (QED) is 0.682. The summed E-state index contributed by atoms with van der Waals surface area (Å²) in [4.78, 5) is 23.6. The zero-order valence-electron chi connectivity index (χ0n) is 14.9. The number of amides is 1. The maximum atomic E-state index is 12.2. The molecule has 1 fully saturated rings. The number of hydrogen-bond donors (Lipinski definition) is 1. The minimum absolute atomic E-state index is 0.0449. The van der Waals surface area contributed by atoms with Gasteiger partial charge < -0.3 is 14.5 Å². The van der Waals surface area contributed by atoms with Gasteiger partial charge in [0.1, 0.15) is 11.3 Å². The van der Waals surface area contributed by atoms with Gasteiger partial charge in [-0.15, -0.1) is 0 Å². The van der Waals surface area contributed by atoms with E-state index in [2.05, 4.69) is 17.4 Å². The number of carbonyl (C=O) groups excluding carboxylic acids is 1. The molecule has 0 spiro atoms. The van der Waals surface area contributed by atoms with Crippen LogP contribution in [0.3, 0.4) is 0 Å². The van der Waals surface area contributed by atoms with Gasteiger partial charge in [0.05, 0.1) is 0 Å². The van der Waals surface area contributed by atoms with E-state index in [0.29, 0.717) is 17.9 Å². The van der Waals surface area contributed by atoms with Gasteiger partial charge in [-0.2, -0.15) is 0 Å². The molecule has 1 aliphatic rings. The Balaban J connectivity index is 1.35. The summed E-state index contributed by atoms with van der Waals surface area (Å²) in [5.41, 5.74) is 1.35. The molecule has 4 rings (SSSR count). The zero-order valence-corrected chi connectivity index (χ0v) is 14.9. The molecule has 1 saturated carbocycles. The molecule has 2 aromatic carbocycles. The summed E-state index contributed by atoms with van der Waals surface area (Å²) in [6.45, 7) is 0.541. The number of rotatable bonds is 6. The van der Waals surface area contributed by atoms with Crippen LogP contribution in [-0.2, 0) is 10.2 Å². The van der Waals surface area contributed by atoms with Crippen LogP contribution in [0.1, 0.15) is 24.8 Å². The standard InChI is InChI=1S/C22H21NO4/c24-20(23-15-22(11-4-12-22)17-5-2-1-3-6-17)14-26-18-9-7-16-8-10-21(25)27-19(16)13-18/h1-3,5-10,13H,4,11-12,14-15H2,(H,23,24). The minimum atomic E-state index is -0.413. The predicted molar refractivity (Wildman–Crippen MR) is 103 cm³/mol. The Kier molecular flexibility index (Phi) is 4.67. The molecular formula is C22H21NO4. The highest BCUT2D eigenvalue weighted by Crippen LogP contribution is 2.43. The van der Waals surface area contributed by atoms with Crippen molar-refractivity contribution in [3.63, 3.8) is 0 Å². The molecule has 0 atom stereocenters. The number of benzene rings is 2. The first-order valence-corrected chi connectivity index (χ1v) is 9.14. The lowest BCUT2D eigenvalue weighted by atomic mass is 9.64. The Labute approximate surface area is 157 Å². The number of ether oxygens (including phenoxy) is 1. The van der Waals surface area contributed by atoms with E-state index in [1.54, 1.807) is 24.3 Å². The first kappa shape index (κ1) is 17.3. The monoisotopic (exact) mass is 363 g/mol. The molecule has 3 aromatic rings. The Morgan fingerprint density at radius 3 is 2.59 bits per heavy atom. The number of carbonyl (C=O) groups is 1. The second kappa shape index (κ2) is 7.27. The Morgan fingerprint density at radius 2 is 1.85 bits per heavy atom. The van der Waals surface area contributed by atoms with E-state index >= 15 is 0 Å². The third-order valence-corrected chi connectivity index (χ3v) is 5.29. The van der Waals surface area contributed by atoms with Crippen LogP contribution >= 0.6 is 0 Å². The summed E-state index contributed by atoms with van der Waals surface area (Å²) in [5.74, 6) is 0.334. The van der Waals surface area contributed by atoms with Gasteiger partial charge in [0.15, 0.2) is 6.61 Å². The highest BCUT2D eigenvalue weighted by Gasteiger charge is 2.38. The Morgan fingerprint density at radius 1 is 1.07 bits per heavy atom. The summed E-state index contributed by atoms with van der Waals surface area (Å²) >= 11 is 0. The third-order valence-electron chi connectivity index (χ3n) is 5.29. The average molecular weight is 363 g/mol. The SMILES string of the molecule is O=C(COc1ccc2ccc(=O)oc2c1)NCC1(c2ccccc2)CCC1. The van der Waals surface area contributed by atoms with Gasteiger partial charge in [-0.25, -0.2) is 4.79 Å². The molecule has 138 valence electrons. The van der Waals surface area contributed by atoms with E-state index in [0.717, 1.165) is 18.2 Å². The van der Waals surface area contributed by atoms with Crippen molar-refractivity contribution in [3.8, 4) is 5.75 Å². The highest BCUT2D eigenvalue weighted by atomic mass is 16.5. The minimum Gasteiger partial charge on any atom is -0.484 e. The lowest BCUT2D eigenvalue weighted by Gasteiger charge is -2.42. The van der Waals surface area contributed by atoms with Crippen LogP contribution in [0, 0.1) is 0 Å². The summed E-state index contributed by atoms with van der Waals surface area (Å²) in [5, 5.41) is 3.81. The lowest BCUT2D eigenvalue weighted by molar-refractivity contribution is -0.123. The van der Waals surface area contributed by atoms with Crippen LogP contribution in [0.4, 0.5) is 0 Å². The molecule has 1 amide bonds. The van der Waals surface area contributed by atoms with Crippen molar-refractivity contribution in [2.24, 2.45) is 0 Å². The van der Waals surface area contributed by atoms with Gasteiger partial charge in [-0.05, 0) is 36.6 Å². The average Bonchev–Trinajstić information content (AvgIpc) is 2.66. The van der Waals surface area contributed by atoms with Crippen molar-refractivity contribution in [3.05, 3.63) is 76.6 Å². The molecule has 0 saturated heterocycles. The van der Waals surface area contributed by atoms with Gasteiger partial charge in [-0.3, -0.25) is 4.79 Å². The maximum absolute atomic E-state index is 12.2. The second-order valence-electron chi connectivity index (χ2n) is 7.02.